The van der Waals surface area contributed by atoms with E-state index in [4.69, 9.17) is 9.15 Å². The summed E-state index contributed by atoms with van der Waals surface area (Å²) in [5.41, 5.74) is 1.30. The van der Waals surface area contributed by atoms with Crippen molar-refractivity contribution in [2.45, 2.75) is 49.2 Å². The van der Waals surface area contributed by atoms with E-state index in [9.17, 15) is 4.79 Å². The van der Waals surface area contributed by atoms with Gasteiger partial charge in [0.25, 0.3) is 5.22 Å². The summed E-state index contributed by atoms with van der Waals surface area (Å²) < 4.78 is 10.7. The van der Waals surface area contributed by atoms with Crippen molar-refractivity contribution in [3.8, 4) is 0 Å². The predicted octanol–water partition coefficient (Wildman–Crippen LogP) is 3.04. The molecule has 5 nitrogen and oxygen atoms in total. The number of hydrogen-bond acceptors (Lipinski definition) is 6. The molecule has 1 aliphatic heterocycles. The standard InChI is InChI=1S/C16H18N2O3S/c1-11-10-13(15(19)20-11)22-16-18-17-14(21-16)9-5-8-12-6-3-2-4-7-12/h2-4,6-7,11,13H,5,8-10H2,1H3. The Bertz CT molecular complexity index is 629. The molecule has 1 saturated heterocycles. The number of ether oxygens (including phenoxy) is 1. The molecule has 0 aliphatic carbocycles. The third kappa shape index (κ3) is 3.88. The van der Waals surface area contributed by atoms with E-state index < -0.39 is 0 Å². The third-order valence-corrected chi connectivity index (χ3v) is 4.55. The Morgan fingerprint density at radius 1 is 1.23 bits per heavy atom. The first kappa shape index (κ1) is 15.1. The van der Waals surface area contributed by atoms with E-state index in [1.54, 1.807) is 0 Å². The molecule has 2 atom stereocenters. The molecule has 0 N–H and O–H groups in total. The zero-order valence-corrected chi connectivity index (χ0v) is 13.2. The van der Waals surface area contributed by atoms with Crippen LogP contribution < -0.4 is 0 Å². The molecule has 1 aromatic heterocycles. The lowest BCUT2D eigenvalue weighted by Gasteiger charge is -2.00. The molecule has 2 aromatic rings. The van der Waals surface area contributed by atoms with Crippen LogP contribution in [-0.2, 0) is 22.4 Å². The Balaban J connectivity index is 1.48. The van der Waals surface area contributed by atoms with Crippen LogP contribution >= 0.6 is 11.8 Å². The summed E-state index contributed by atoms with van der Waals surface area (Å²) in [6.45, 7) is 1.89. The molecule has 0 spiro atoms. The lowest BCUT2D eigenvalue weighted by Crippen LogP contribution is -2.09. The van der Waals surface area contributed by atoms with Gasteiger partial charge < -0.3 is 9.15 Å². The van der Waals surface area contributed by atoms with Crippen molar-refractivity contribution in [1.29, 1.82) is 0 Å². The maximum absolute atomic E-state index is 11.6. The number of thioether (sulfide) groups is 1. The normalized spacial score (nSPS) is 21.0. The van der Waals surface area contributed by atoms with Crippen LogP contribution in [0.3, 0.4) is 0 Å². The highest BCUT2D eigenvalue weighted by atomic mass is 32.2. The molecule has 1 aromatic carbocycles. The maximum atomic E-state index is 11.6. The van der Waals surface area contributed by atoms with Crippen LogP contribution in [0, 0.1) is 0 Å². The predicted molar refractivity (Wildman–Crippen MR) is 82.6 cm³/mol. The average Bonchev–Trinajstić information content (AvgIpc) is 3.07. The van der Waals surface area contributed by atoms with Crippen molar-refractivity contribution < 1.29 is 13.9 Å². The molecule has 0 amide bonds. The Kier molecular flexibility index (Phi) is 4.77. The largest absolute Gasteiger partial charge is 0.462 e. The molecule has 1 fully saturated rings. The molecular weight excluding hydrogens is 300 g/mol. The van der Waals surface area contributed by atoms with Gasteiger partial charge in [0.2, 0.25) is 5.89 Å². The van der Waals surface area contributed by atoms with Gasteiger partial charge in [-0.2, -0.15) is 0 Å². The number of aryl methyl sites for hydroxylation is 2. The van der Waals surface area contributed by atoms with Crippen molar-refractivity contribution in [2.24, 2.45) is 0 Å². The first-order chi connectivity index (χ1) is 10.7. The van der Waals surface area contributed by atoms with E-state index in [1.165, 1.54) is 17.3 Å². The van der Waals surface area contributed by atoms with E-state index in [2.05, 4.69) is 22.3 Å². The van der Waals surface area contributed by atoms with Gasteiger partial charge in [0.15, 0.2) is 0 Å². The van der Waals surface area contributed by atoms with Crippen LogP contribution in [0.4, 0.5) is 0 Å². The van der Waals surface area contributed by atoms with Crippen molar-refractivity contribution in [3.63, 3.8) is 0 Å². The SMILES string of the molecule is CC1CC(Sc2nnc(CCCc3ccccc3)o2)C(=O)O1. The number of cyclic esters (lactones) is 1. The quantitative estimate of drug-likeness (QED) is 0.763. The zero-order valence-electron chi connectivity index (χ0n) is 12.4. The number of carbonyl (C=O) groups is 1. The average molecular weight is 318 g/mol. The molecule has 0 radical (unpaired) electrons. The van der Waals surface area contributed by atoms with E-state index in [0.717, 1.165) is 19.3 Å². The van der Waals surface area contributed by atoms with Crippen LogP contribution in [0.15, 0.2) is 40.0 Å². The minimum atomic E-state index is -0.229. The van der Waals surface area contributed by atoms with Crippen LogP contribution in [0.5, 0.6) is 0 Å². The summed E-state index contributed by atoms with van der Waals surface area (Å²) in [7, 11) is 0. The highest BCUT2D eigenvalue weighted by Gasteiger charge is 2.34. The van der Waals surface area contributed by atoms with Gasteiger partial charge >= 0.3 is 5.97 Å². The molecule has 1 aliphatic rings. The number of benzene rings is 1. The summed E-state index contributed by atoms with van der Waals surface area (Å²) in [4.78, 5) is 11.6. The van der Waals surface area contributed by atoms with Crippen molar-refractivity contribution >= 4 is 17.7 Å². The number of esters is 1. The Labute approximate surface area is 133 Å². The fourth-order valence-corrected chi connectivity index (χ4v) is 3.41. The molecule has 0 bridgehead atoms. The molecule has 2 heterocycles. The van der Waals surface area contributed by atoms with Crippen LogP contribution in [0.1, 0.15) is 31.2 Å². The maximum Gasteiger partial charge on any atom is 0.320 e. The highest BCUT2D eigenvalue weighted by molar-refractivity contribution is 8.00. The Hall–Kier alpha value is -1.82. The summed E-state index contributed by atoms with van der Waals surface area (Å²) in [5, 5.41) is 8.27. The minimum Gasteiger partial charge on any atom is -0.462 e. The Morgan fingerprint density at radius 2 is 2.05 bits per heavy atom. The van der Waals surface area contributed by atoms with Gasteiger partial charge in [0.1, 0.15) is 11.4 Å². The molecular formula is C16H18N2O3S. The van der Waals surface area contributed by atoms with Gasteiger partial charge in [0, 0.05) is 12.8 Å². The van der Waals surface area contributed by atoms with Crippen molar-refractivity contribution in [1.82, 2.24) is 10.2 Å². The molecule has 3 rings (SSSR count). The van der Waals surface area contributed by atoms with E-state index in [1.807, 2.05) is 25.1 Å². The van der Waals surface area contributed by atoms with Crippen molar-refractivity contribution in [2.75, 3.05) is 0 Å². The molecule has 22 heavy (non-hydrogen) atoms. The summed E-state index contributed by atoms with van der Waals surface area (Å²) in [5.74, 6) is 0.430. The summed E-state index contributed by atoms with van der Waals surface area (Å²) >= 11 is 1.30. The van der Waals surface area contributed by atoms with E-state index in [0.29, 0.717) is 17.5 Å². The third-order valence-electron chi connectivity index (χ3n) is 3.52. The highest BCUT2D eigenvalue weighted by Crippen LogP contribution is 2.31. The van der Waals surface area contributed by atoms with Gasteiger partial charge in [-0.25, -0.2) is 0 Å². The number of nitrogens with zero attached hydrogens (tertiary/aromatic N) is 2. The number of rotatable bonds is 6. The van der Waals surface area contributed by atoms with Gasteiger partial charge in [-0.1, -0.05) is 30.3 Å². The smallest absolute Gasteiger partial charge is 0.320 e. The molecule has 0 saturated carbocycles. The van der Waals surface area contributed by atoms with Gasteiger partial charge in [0.05, 0.1) is 0 Å². The van der Waals surface area contributed by atoms with Crippen LogP contribution in [-0.4, -0.2) is 27.5 Å². The fraction of sp³-hybridized carbons (Fsp3) is 0.438. The first-order valence-electron chi connectivity index (χ1n) is 7.44. The van der Waals surface area contributed by atoms with Gasteiger partial charge in [-0.05, 0) is 37.1 Å². The van der Waals surface area contributed by atoms with E-state index in [-0.39, 0.29) is 17.3 Å². The number of carbonyl (C=O) groups excluding carboxylic acids is 1. The fourth-order valence-electron chi connectivity index (χ4n) is 2.41. The lowest BCUT2D eigenvalue weighted by molar-refractivity contribution is -0.140. The first-order valence-corrected chi connectivity index (χ1v) is 8.32. The Morgan fingerprint density at radius 3 is 2.77 bits per heavy atom. The minimum absolute atomic E-state index is 0.0294. The van der Waals surface area contributed by atoms with Crippen LogP contribution in [0.2, 0.25) is 0 Å². The number of aromatic nitrogens is 2. The second-order valence-electron chi connectivity index (χ2n) is 5.39. The second-order valence-corrected chi connectivity index (χ2v) is 6.54. The van der Waals surface area contributed by atoms with Crippen molar-refractivity contribution in [3.05, 3.63) is 41.8 Å². The number of hydrogen-bond donors (Lipinski definition) is 0. The lowest BCUT2D eigenvalue weighted by atomic mass is 10.1. The van der Waals surface area contributed by atoms with Gasteiger partial charge in [-0.15, -0.1) is 10.2 Å². The summed E-state index contributed by atoms with van der Waals surface area (Å²) in [6, 6.07) is 10.3. The monoisotopic (exact) mass is 318 g/mol. The van der Waals surface area contributed by atoms with E-state index >= 15 is 0 Å². The second kappa shape index (κ2) is 6.96. The molecule has 6 heteroatoms. The molecule has 2 unspecified atom stereocenters. The van der Waals surface area contributed by atoms with Crippen LogP contribution in [0.25, 0.3) is 0 Å². The zero-order chi connectivity index (χ0) is 15.4. The summed E-state index contributed by atoms with van der Waals surface area (Å²) in [6.07, 6.45) is 3.35. The topological polar surface area (TPSA) is 65.2 Å². The molecule has 116 valence electrons. The van der Waals surface area contributed by atoms with Gasteiger partial charge in [-0.3, -0.25) is 4.79 Å².